The van der Waals surface area contributed by atoms with Gasteiger partial charge in [-0.1, -0.05) is 6.07 Å². The molecule has 0 amide bonds. The molecule has 5 heterocycles. The van der Waals surface area contributed by atoms with Crippen molar-refractivity contribution in [2.45, 2.75) is 25.2 Å². The van der Waals surface area contributed by atoms with E-state index in [0.717, 1.165) is 55.9 Å². The van der Waals surface area contributed by atoms with Crippen LogP contribution in [0.25, 0.3) is 0 Å². The molecule has 31 heavy (non-hydrogen) atoms. The molecule has 2 aromatic rings. The number of benzene rings is 1. The fraction of sp³-hybridized carbons (Fsp3) is 0.565. The van der Waals surface area contributed by atoms with Crippen molar-refractivity contribution in [2.24, 2.45) is 11.8 Å². The molecule has 164 valence electrons. The van der Waals surface area contributed by atoms with Crippen LogP contribution in [-0.4, -0.2) is 77.7 Å². The Balaban J connectivity index is 1.23. The first-order chi connectivity index (χ1) is 15.1. The number of fused-ring (bicyclic) bond motifs is 2. The molecular weight excluding hydrogens is 396 g/mol. The van der Waals surface area contributed by atoms with E-state index in [0.29, 0.717) is 19.1 Å². The highest BCUT2D eigenvalue weighted by Crippen LogP contribution is 2.49. The van der Waals surface area contributed by atoms with Crippen molar-refractivity contribution in [3.8, 4) is 11.5 Å². The van der Waals surface area contributed by atoms with Crippen molar-refractivity contribution in [1.82, 2.24) is 14.9 Å². The molecule has 4 aliphatic heterocycles. The summed E-state index contributed by atoms with van der Waals surface area (Å²) in [5, 5.41) is 10.2. The topological polar surface area (TPSA) is 80.2 Å². The zero-order valence-electron chi connectivity index (χ0n) is 17.7. The highest BCUT2D eigenvalue weighted by Gasteiger charge is 2.62. The maximum atomic E-state index is 10.2. The van der Waals surface area contributed by atoms with E-state index >= 15 is 0 Å². The molecule has 1 N–H and O–H groups in total. The minimum atomic E-state index is -0.275. The lowest BCUT2D eigenvalue weighted by Gasteiger charge is -2.41. The molecule has 3 saturated heterocycles. The summed E-state index contributed by atoms with van der Waals surface area (Å²) < 4.78 is 18.0. The number of nitrogens with zero attached hydrogens (tertiary/aromatic N) is 4. The van der Waals surface area contributed by atoms with Crippen LogP contribution in [0.5, 0.6) is 11.5 Å². The van der Waals surface area contributed by atoms with Crippen LogP contribution < -0.4 is 14.4 Å². The Labute approximate surface area is 181 Å². The van der Waals surface area contributed by atoms with Crippen molar-refractivity contribution >= 4 is 5.82 Å². The fourth-order valence-corrected chi connectivity index (χ4v) is 5.89. The van der Waals surface area contributed by atoms with Gasteiger partial charge in [-0.15, -0.1) is 0 Å². The zero-order valence-corrected chi connectivity index (χ0v) is 17.7. The van der Waals surface area contributed by atoms with E-state index in [1.807, 2.05) is 25.3 Å². The summed E-state index contributed by atoms with van der Waals surface area (Å²) in [7, 11) is 0. The number of aliphatic hydroxyl groups excluding tert-OH is 1. The lowest BCUT2D eigenvalue weighted by Crippen LogP contribution is -2.54. The lowest BCUT2D eigenvalue weighted by molar-refractivity contribution is -0.0647. The van der Waals surface area contributed by atoms with Gasteiger partial charge in [0.05, 0.1) is 12.6 Å². The fourth-order valence-electron chi connectivity index (χ4n) is 5.89. The number of aliphatic hydroxyl groups is 1. The van der Waals surface area contributed by atoms with E-state index in [9.17, 15) is 5.11 Å². The normalized spacial score (nSPS) is 31.7. The van der Waals surface area contributed by atoms with Crippen molar-refractivity contribution in [3.63, 3.8) is 0 Å². The molecule has 1 spiro atoms. The number of likely N-dealkylation sites (tertiary alicyclic amines) is 1. The van der Waals surface area contributed by atoms with Crippen LogP contribution in [0.2, 0.25) is 0 Å². The lowest BCUT2D eigenvalue weighted by atomic mass is 9.83. The number of morpholine rings is 1. The van der Waals surface area contributed by atoms with Crippen molar-refractivity contribution in [3.05, 3.63) is 41.9 Å². The SMILES string of the molecule is Cc1nccc(N2C[C@H]3O[C@@]4(CN(Cc5ccc6c(c5)OCCO6)C[C@@H]4[C@@H]3CO)C2)n1. The summed E-state index contributed by atoms with van der Waals surface area (Å²) in [4.78, 5) is 13.6. The maximum Gasteiger partial charge on any atom is 0.161 e. The Hall–Kier alpha value is -2.42. The zero-order chi connectivity index (χ0) is 21.0. The molecule has 4 atom stereocenters. The monoisotopic (exact) mass is 424 g/mol. The molecule has 3 fully saturated rings. The molecule has 0 unspecified atom stereocenters. The summed E-state index contributed by atoms with van der Waals surface area (Å²) in [6.45, 7) is 7.43. The molecule has 1 aromatic carbocycles. The summed E-state index contributed by atoms with van der Waals surface area (Å²) in [5.74, 6) is 3.83. The van der Waals surface area contributed by atoms with Gasteiger partial charge in [-0.3, -0.25) is 4.90 Å². The van der Waals surface area contributed by atoms with E-state index in [-0.39, 0.29) is 24.2 Å². The Kier molecular flexibility index (Phi) is 4.55. The van der Waals surface area contributed by atoms with Crippen LogP contribution in [0, 0.1) is 18.8 Å². The average Bonchev–Trinajstić information content (AvgIpc) is 3.19. The quantitative estimate of drug-likeness (QED) is 0.786. The number of aromatic nitrogens is 2. The molecule has 0 aliphatic carbocycles. The van der Waals surface area contributed by atoms with Crippen molar-refractivity contribution in [1.29, 1.82) is 0 Å². The predicted molar refractivity (Wildman–Crippen MR) is 113 cm³/mol. The largest absolute Gasteiger partial charge is 0.486 e. The van der Waals surface area contributed by atoms with Crippen LogP contribution in [0.4, 0.5) is 5.82 Å². The second-order valence-electron chi connectivity index (χ2n) is 9.16. The summed E-state index contributed by atoms with van der Waals surface area (Å²) in [6.07, 6.45) is 1.85. The van der Waals surface area contributed by atoms with Gasteiger partial charge in [0.2, 0.25) is 0 Å². The molecule has 0 radical (unpaired) electrons. The van der Waals surface area contributed by atoms with Gasteiger partial charge in [0.25, 0.3) is 0 Å². The molecule has 4 aliphatic rings. The van der Waals surface area contributed by atoms with Gasteiger partial charge in [-0.05, 0) is 30.7 Å². The van der Waals surface area contributed by atoms with Gasteiger partial charge in [0.1, 0.15) is 30.5 Å². The van der Waals surface area contributed by atoms with Gasteiger partial charge in [-0.25, -0.2) is 9.97 Å². The number of hydrogen-bond donors (Lipinski definition) is 1. The number of anilines is 1. The highest BCUT2D eigenvalue weighted by molar-refractivity contribution is 5.44. The number of rotatable bonds is 4. The van der Waals surface area contributed by atoms with Crippen molar-refractivity contribution < 1.29 is 19.3 Å². The van der Waals surface area contributed by atoms with E-state index in [1.165, 1.54) is 5.56 Å². The van der Waals surface area contributed by atoms with Crippen LogP contribution in [-0.2, 0) is 11.3 Å². The van der Waals surface area contributed by atoms with E-state index in [1.54, 1.807) is 0 Å². The van der Waals surface area contributed by atoms with Gasteiger partial charge in [0.15, 0.2) is 11.5 Å². The van der Waals surface area contributed by atoms with Gasteiger partial charge >= 0.3 is 0 Å². The first-order valence-electron chi connectivity index (χ1n) is 11.1. The van der Waals surface area contributed by atoms with Gasteiger partial charge in [-0.2, -0.15) is 0 Å². The summed E-state index contributed by atoms with van der Waals surface area (Å²) >= 11 is 0. The highest BCUT2D eigenvalue weighted by atomic mass is 16.6. The minimum Gasteiger partial charge on any atom is -0.486 e. The van der Waals surface area contributed by atoms with Crippen LogP contribution >= 0.6 is 0 Å². The molecule has 1 aromatic heterocycles. The Morgan fingerprint density at radius 2 is 2.00 bits per heavy atom. The first-order valence-corrected chi connectivity index (χ1v) is 11.1. The Bertz CT molecular complexity index is 988. The predicted octanol–water partition coefficient (Wildman–Crippen LogP) is 1.25. The molecule has 0 saturated carbocycles. The second kappa shape index (κ2) is 7.32. The third-order valence-corrected chi connectivity index (χ3v) is 7.17. The second-order valence-corrected chi connectivity index (χ2v) is 9.16. The molecule has 8 nitrogen and oxygen atoms in total. The minimum absolute atomic E-state index is 0.0375. The van der Waals surface area contributed by atoms with Crippen molar-refractivity contribution in [2.75, 3.05) is 50.9 Å². The van der Waals surface area contributed by atoms with Gasteiger partial charge < -0.3 is 24.2 Å². The Morgan fingerprint density at radius 1 is 1.13 bits per heavy atom. The third kappa shape index (κ3) is 3.24. The van der Waals surface area contributed by atoms with E-state index in [4.69, 9.17) is 14.2 Å². The number of aryl methyl sites for hydroxylation is 1. The van der Waals surface area contributed by atoms with E-state index in [2.05, 4.69) is 31.9 Å². The Morgan fingerprint density at radius 3 is 2.84 bits per heavy atom. The van der Waals surface area contributed by atoms with Gasteiger partial charge in [0, 0.05) is 50.8 Å². The standard InChI is InChI=1S/C23H28N4O4/c1-15-24-5-4-22(25-15)27-11-21-17(12-28)18-10-26(13-23(18,14-27)31-21)9-16-2-3-19-20(8-16)30-7-6-29-19/h2-5,8,17-18,21,28H,6-7,9-14H2,1H3/t17-,18+,21+,23-/m0/s1. The maximum absolute atomic E-state index is 10.2. The summed E-state index contributed by atoms with van der Waals surface area (Å²) in [5.41, 5.74) is 0.931. The molecular formula is C23H28N4O4. The van der Waals surface area contributed by atoms with Crippen LogP contribution in [0.3, 0.4) is 0 Å². The first kappa shape index (κ1) is 19.3. The van der Waals surface area contributed by atoms with E-state index < -0.39 is 0 Å². The number of hydrogen-bond acceptors (Lipinski definition) is 8. The smallest absolute Gasteiger partial charge is 0.161 e. The van der Waals surface area contributed by atoms with Crippen LogP contribution in [0.1, 0.15) is 11.4 Å². The molecule has 2 bridgehead atoms. The molecule has 6 rings (SSSR count). The average molecular weight is 425 g/mol. The molecule has 8 heteroatoms. The third-order valence-electron chi connectivity index (χ3n) is 7.17. The summed E-state index contributed by atoms with van der Waals surface area (Å²) in [6, 6.07) is 8.18. The number of ether oxygens (including phenoxy) is 3. The van der Waals surface area contributed by atoms with Crippen LogP contribution in [0.15, 0.2) is 30.5 Å².